The smallest absolute Gasteiger partial charge is 0.249 e. The molecule has 118 valence electrons. The van der Waals surface area contributed by atoms with Crippen molar-refractivity contribution >= 4 is 40.9 Å². The number of nitrogens with zero attached hydrogens (tertiary/aromatic N) is 1. The molecule has 4 nitrogen and oxygen atoms in total. The van der Waals surface area contributed by atoms with E-state index in [0.717, 1.165) is 12.8 Å². The third kappa shape index (κ3) is 2.70. The van der Waals surface area contributed by atoms with Crippen LogP contribution in [0.15, 0.2) is 18.2 Å². The van der Waals surface area contributed by atoms with E-state index in [0.29, 0.717) is 18.7 Å². The number of rotatable bonds is 4. The summed E-state index contributed by atoms with van der Waals surface area (Å²) in [5.74, 6) is -0.826. The molecule has 1 unspecified atom stereocenters. The van der Waals surface area contributed by atoms with E-state index in [2.05, 4.69) is 5.32 Å². The third-order valence-corrected chi connectivity index (χ3v) is 5.92. The zero-order valence-electron chi connectivity index (χ0n) is 12.1. The van der Waals surface area contributed by atoms with Crippen LogP contribution in [0.25, 0.3) is 0 Å². The maximum Gasteiger partial charge on any atom is 0.249 e. The molecule has 1 aromatic carbocycles. The molecule has 1 N–H and O–H groups in total. The van der Waals surface area contributed by atoms with Gasteiger partial charge in [0.15, 0.2) is 0 Å². The van der Waals surface area contributed by atoms with Crippen LogP contribution in [0.4, 0.5) is 10.1 Å². The van der Waals surface area contributed by atoms with Gasteiger partial charge in [-0.25, -0.2) is 4.39 Å². The minimum atomic E-state index is -0.557. The van der Waals surface area contributed by atoms with Crippen LogP contribution in [0, 0.1) is 5.82 Å². The van der Waals surface area contributed by atoms with Crippen LogP contribution < -0.4 is 10.2 Å². The molecular formula is C15H16ClFN2O2S. The first-order valence-corrected chi connectivity index (χ1v) is 8.70. The lowest BCUT2D eigenvalue weighted by Crippen LogP contribution is -2.45. The van der Waals surface area contributed by atoms with E-state index in [-0.39, 0.29) is 21.6 Å². The van der Waals surface area contributed by atoms with E-state index in [1.165, 1.54) is 28.8 Å². The molecule has 1 aliphatic carbocycles. The lowest BCUT2D eigenvalue weighted by Gasteiger charge is -2.19. The molecule has 1 aliphatic heterocycles. The molecule has 1 saturated carbocycles. The van der Waals surface area contributed by atoms with Crippen molar-refractivity contribution in [2.24, 2.45) is 0 Å². The van der Waals surface area contributed by atoms with Crippen molar-refractivity contribution in [2.75, 3.05) is 17.7 Å². The summed E-state index contributed by atoms with van der Waals surface area (Å²) in [7, 11) is 0. The highest BCUT2D eigenvalue weighted by molar-refractivity contribution is 8.01. The van der Waals surface area contributed by atoms with E-state index in [1.54, 1.807) is 6.07 Å². The zero-order chi connectivity index (χ0) is 15.9. The number of amides is 2. The first-order chi connectivity index (χ1) is 10.5. The van der Waals surface area contributed by atoms with Crippen LogP contribution in [-0.4, -0.2) is 35.4 Å². The topological polar surface area (TPSA) is 49.4 Å². The van der Waals surface area contributed by atoms with Gasteiger partial charge in [0, 0.05) is 12.2 Å². The van der Waals surface area contributed by atoms with Crippen molar-refractivity contribution in [3.05, 3.63) is 29.0 Å². The maximum absolute atomic E-state index is 13.5. The van der Waals surface area contributed by atoms with Gasteiger partial charge in [-0.05, 0) is 43.7 Å². The predicted molar refractivity (Wildman–Crippen MR) is 85.8 cm³/mol. The van der Waals surface area contributed by atoms with Crippen LogP contribution in [-0.2, 0) is 9.59 Å². The van der Waals surface area contributed by atoms with Gasteiger partial charge in [-0.15, -0.1) is 11.8 Å². The lowest BCUT2D eigenvalue weighted by atomic mass is 10.2. The van der Waals surface area contributed by atoms with Gasteiger partial charge in [0.1, 0.15) is 11.9 Å². The van der Waals surface area contributed by atoms with Gasteiger partial charge in [-0.3, -0.25) is 9.59 Å². The predicted octanol–water partition coefficient (Wildman–Crippen LogP) is 2.60. The summed E-state index contributed by atoms with van der Waals surface area (Å²) >= 11 is 7.19. The van der Waals surface area contributed by atoms with Crippen molar-refractivity contribution < 1.29 is 14.0 Å². The summed E-state index contributed by atoms with van der Waals surface area (Å²) < 4.78 is 13.2. The molecule has 2 amide bonds. The molecule has 2 fully saturated rings. The van der Waals surface area contributed by atoms with Gasteiger partial charge < -0.3 is 10.2 Å². The van der Waals surface area contributed by atoms with Crippen molar-refractivity contribution in [1.29, 1.82) is 0 Å². The Hall–Kier alpha value is -1.27. The second kappa shape index (κ2) is 5.74. The van der Waals surface area contributed by atoms with Gasteiger partial charge in [-0.2, -0.15) is 0 Å². The van der Waals surface area contributed by atoms with E-state index >= 15 is 0 Å². The number of carbonyl (C=O) groups is 2. The van der Waals surface area contributed by atoms with Crippen LogP contribution in [0.5, 0.6) is 0 Å². The molecule has 0 spiro atoms. The number of anilines is 1. The van der Waals surface area contributed by atoms with Crippen LogP contribution in [0.3, 0.4) is 0 Å². The van der Waals surface area contributed by atoms with E-state index in [4.69, 9.17) is 11.6 Å². The molecule has 0 aromatic heterocycles. The number of halogens is 2. The molecule has 22 heavy (non-hydrogen) atoms. The van der Waals surface area contributed by atoms with Crippen LogP contribution in [0.2, 0.25) is 5.02 Å². The Morgan fingerprint density at radius 1 is 1.50 bits per heavy atom. The minimum Gasteiger partial charge on any atom is -0.343 e. The number of hydrogen-bond acceptors (Lipinski definition) is 3. The molecular weight excluding hydrogens is 327 g/mol. The van der Waals surface area contributed by atoms with Gasteiger partial charge in [0.25, 0.3) is 0 Å². The highest BCUT2D eigenvalue weighted by atomic mass is 35.5. The second-order valence-corrected chi connectivity index (χ2v) is 7.20. The fourth-order valence-corrected chi connectivity index (χ4v) is 3.52. The average molecular weight is 343 g/mol. The van der Waals surface area contributed by atoms with E-state index < -0.39 is 11.9 Å². The molecule has 1 atom stereocenters. The Balaban J connectivity index is 1.69. The van der Waals surface area contributed by atoms with Crippen LogP contribution >= 0.6 is 23.4 Å². The summed E-state index contributed by atoms with van der Waals surface area (Å²) in [6, 6.07) is 3.75. The number of nitrogens with one attached hydrogen (secondary N) is 1. The van der Waals surface area contributed by atoms with E-state index in [9.17, 15) is 14.0 Å². The summed E-state index contributed by atoms with van der Waals surface area (Å²) in [6.07, 6.45) is 4.14. The Bertz CT molecular complexity index is 636. The molecule has 1 heterocycles. The number of thioether (sulfide) groups is 1. The summed E-state index contributed by atoms with van der Waals surface area (Å²) in [5.41, 5.74) is 0.467. The molecule has 3 rings (SSSR count). The van der Waals surface area contributed by atoms with Gasteiger partial charge in [-0.1, -0.05) is 11.6 Å². The van der Waals surface area contributed by atoms with Crippen molar-refractivity contribution in [1.82, 2.24) is 5.32 Å². The molecule has 1 saturated heterocycles. The summed E-state index contributed by atoms with van der Waals surface area (Å²) in [5, 5.41) is 2.86. The molecule has 0 radical (unpaired) electrons. The maximum atomic E-state index is 13.5. The van der Waals surface area contributed by atoms with Gasteiger partial charge in [0.05, 0.1) is 9.77 Å². The Labute approximate surface area is 137 Å². The normalized spacial score (nSPS) is 22.8. The number of carbonyl (C=O) groups excluding carboxylic acids is 2. The first kappa shape index (κ1) is 15.6. The fourth-order valence-electron chi connectivity index (χ4n) is 2.65. The van der Waals surface area contributed by atoms with Crippen molar-refractivity contribution in [3.8, 4) is 0 Å². The zero-order valence-corrected chi connectivity index (χ0v) is 13.6. The fraction of sp³-hybridized carbons (Fsp3) is 0.467. The number of benzene rings is 1. The highest BCUT2D eigenvalue weighted by Gasteiger charge is 2.50. The first-order valence-electron chi connectivity index (χ1n) is 7.09. The van der Waals surface area contributed by atoms with Crippen molar-refractivity contribution in [2.45, 2.75) is 30.1 Å². The van der Waals surface area contributed by atoms with Gasteiger partial charge in [0.2, 0.25) is 11.8 Å². The quantitative estimate of drug-likeness (QED) is 0.915. The minimum absolute atomic E-state index is 0.0240. The monoisotopic (exact) mass is 342 g/mol. The van der Waals surface area contributed by atoms with Gasteiger partial charge >= 0.3 is 0 Å². The largest absolute Gasteiger partial charge is 0.343 e. The molecule has 1 aromatic rings. The Morgan fingerprint density at radius 3 is 2.82 bits per heavy atom. The molecule has 7 heteroatoms. The Morgan fingerprint density at radius 2 is 2.23 bits per heavy atom. The summed E-state index contributed by atoms with van der Waals surface area (Å²) in [4.78, 5) is 26.1. The lowest BCUT2D eigenvalue weighted by molar-refractivity contribution is -0.126. The molecule has 2 aliphatic rings. The average Bonchev–Trinajstić information content (AvgIpc) is 3.23. The summed E-state index contributed by atoms with van der Waals surface area (Å²) in [6.45, 7) is 0.455. The SMILES string of the molecule is CSC1(C(=O)NC2CCN(c3ccc(Cl)c(F)c3)C2=O)CC1. The highest BCUT2D eigenvalue weighted by Crippen LogP contribution is 2.47. The van der Waals surface area contributed by atoms with E-state index in [1.807, 2.05) is 6.26 Å². The number of hydrogen-bond donors (Lipinski definition) is 1. The standard InChI is InChI=1S/C15H16ClFN2O2S/c1-22-15(5-6-15)14(21)18-12-4-7-19(13(12)20)9-2-3-10(16)11(17)8-9/h2-3,8,12H,4-7H2,1H3,(H,18,21). The third-order valence-electron chi connectivity index (χ3n) is 4.23. The van der Waals surface area contributed by atoms with Crippen molar-refractivity contribution in [3.63, 3.8) is 0 Å². The molecule has 0 bridgehead atoms. The van der Waals surface area contributed by atoms with Crippen LogP contribution in [0.1, 0.15) is 19.3 Å². The second-order valence-electron chi connectivity index (χ2n) is 5.60. The Kier molecular flexibility index (Phi) is 4.07.